The zero-order valence-corrected chi connectivity index (χ0v) is 11.3. The number of carbonyl (C=O) groups is 1. The van der Waals surface area contributed by atoms with E-state index in [1.165, 1.54) is 0 Å². The highest BCUT2D eigenvalue weighted by atomic mass is 79.9. The average Bonchev–Trinajstić information content (AvgIpc) is 2.15. The number of nitrogens with zero attached hydrogens (tertiary/aromatic N) is 1. The summed E-state index contributed by atoms with van der Waals surface area (Å²) < 4.78 is 0.968. The van der Waals surface area contributed by atoms with Crippen molar-refractivity contribution in [2.45, 2.75) is 25.8 Å². The Labute approximate surface area is 104 Å². The SMILES string of the molecule is CN(c1ccccc1Br)C(C)(C)CC(=O)O. The van der Waals surface area contributed by atoms with Crippen molar-refractivity contribution in [3.63, 3.8) is 0 Å². The molecular weight excluding hydrogens is 270 g/mol. The molecule has 0 saturated heterocycles. The number of halogens is 1. The van der Waals surface area contributed by atoms with Crippen molar-refractivity contribution < 1.29 is 9.90 Å². The standard InChI is InChI=1S/C12H16BrNO2/c1-12(2,8-11(15)16)14(3)10-7-5-4-6-9(10)13/h4-7H,8H2,1-3H3,(H,15,16). The van der Waals surface area contributed by atoms with Gasteiger partial charge in [0.25, 0.3) is 0 Å². The van der Waals surface area contributed by atoms with Crippen molar-refractivity contribution in [1.29, 1.82) is 0 Å². The van der Waals surface area contributed by atoms with E-state index < -0.39 is 11.5 Å². The van der Waals surface area contributed by atoms with E-state index in [0.29, 0.717) is 0 Å². The summed E-state index contributed by atoms with van der Waals surface area (Å²) in [7, 11) is 1.91. The van der Waals surface area contributed by atoms with Gasteiger partial charge in [0.15, 0.2) is 0 Å². The van der Waals surface area contributed by atoms with Crippen molar-refractivity contribution in [3.8, 4) is 0 Å². The smallest absolute Gasteiger partial charge is 0.305 e. The molecular formula is C12H16BrNO2. The minimum atomic E-state index is -0.788. The van der Waals surface area contributed by atoms with Gasteiger partial charge in [-0.1, -0.05) is 12.1 Å². The van der Waals surface area contributed by atoms with Gasteiger partial charge in [-0.2, -0.15) is 0 Å². The largest absolute Gasteiger partial charge is 0.481 e. The molecule has 0 unspecified atom stereocenters. The van der Waals surface area contributed by atoms with Gasteiger partial charge in [-0.25, -0.2) is 0 Å². The van der Waals surface area contributed by atoms with E-state index in [9.17, 15) is 4.79 Å². The van der Waals surface area contributed by atoms with Crippen molar-refractivity contribution in [3.05, 3.63) is 28.7 Å². The number of rotatable bonds is 4. The predicted molar refractivity (Wildman–Crippen MR) is 68.9 cm³/mol. The third-order valence-corrected chi connectivity index (χ3v) is 3.38. The Hall–Kier alpha value is -1.03. The molecule has 0 heterocycles. The Bertz CT molecular complexity index is 390. The molecule has 3 nitrogen and oxygen atoms in total. The highest BCUT2D eigenvalue weighted by Crippen LogP contribution is 2.31. The number of carboxylic acids is 1. The van der Waals surface area contributed by atoms with Crippen LogP contribution < -0.4 is 4.90 Å². The molecule has 0 aliphatic rings. The van der Waals surface area contributed by atoms with E-state index in [1.807, 2.05) is 50.1 Å². The van der Waals surface area contributed by atoms with E-state index in [4.69, 9.17) is 5.11 Å². The maximum Gasteiger partial charge on any atom is 0.305 e. The van der Waals surface area contributed by atoms with E-state index in [2.05, 4.69) is 15.9 Å². The Morgan fingerprint density at radius 2 is 2.00 bits per heavy atom. The lowest BCUT2D eigenvalue weighted by atomic mass is 9.98. The summed E-state index contributed by atoms with van der Waals surface area (Å²) in [4.78, 5) is 12.8. The zero-order chi connectivity index (χ0) is 12.3. The van der Waals surface area contributed by atoms with Gasteiger partial charge < -0.3 is 10.0 Å². The molecule has 88 valence electrons. The molecule has 1 aromatic carbocycles. The minimum absolute atomic E-state index is 0.102. The first-order valence-electron chi connectivity index (χ1n) is 5.05. The van der Waals surface area contributed by atoms with Gasteiger partial charge in [0.2, 0.25) is 0 Å². The molecule has 4 heteroatoms. The van der Waals surface area contributed by atoms with Gasteiger partial charge in [0.05, 0.1) is 12.1 Å². The zero-order valence-electron chi connectivity index (χ0n) is 9.70. The second kappa shape index (κ2) is 4.87. The molecule has 1 rings (SSSR count). The maximum absolute atomic E-state index is 10.8. The molecule has 0 amide bonds. The topological polar surface area (TPSA) is 40.5 Å². The minimum Gasteiger partial charge on any atom is -0.481 e. The van der Waals surface area contributed by atoms with Gasteiger partial charge in [0, 0.05) is 17.1 Å². The van der Waals surface area contributed by atoms with Crippen LogP contribution in [0, 0.1) is 0 Å². The van der Waals surface area contributed by atoms with Crippen LogP contribution >= 0.6 is 15.9 Å². The van der Waals surface area contributed by atoms with Crippen LogP contribution in [0.4, 0.5) is 5.69 Å². The molecule has 1 N–H and O–H groups in total. The van der Waals surface area contributed by atoms with Crippen LogP contribution in [-0.4, -0.2) is 23.7 Å². The molecule has 0 bridgehead atoms. The summed E-state index contributed by atoms with van der Waals surface area (Å²) in [6.07, 6.45) is 0.102. The summed E-state index contributed by atoms with van der Waals surface area (Å²) in [6.45, 7) is 3.83. The molecule has 0 saturated carbocycles. The van der Waals surface area contributed by atoms with Crippen molar-refractivity contribution >= 4 is 27.6 Å². The highest BCUT2D eigenvalue weighted by molar-refractivity contribution is 9.10. The fourth-order valence-electron chi connectivity index (χ4n) is 1.54. The second-order valence-corrected chi connectivity index (χ2v) is 5.25. The summed E-state index contributed by atoms with van der Waals surface area (Å²) in [5, 5.41) is 8.88. The van der Waals surface area contributed by atoms with E-state index in [1.54, 1.807) is 0 Å². The Morgan fingerprint density at radius 3 is 2.50 bits per heavy atom. The molecule has 0 aliphatic heterocycles. The summed E-state index contributed by atoms with van der Waals surface area (Å²) in [5.74, 6) is -0.788. The monoisotopic (exact) mass is 285 g/mol. The van der Waals surface area contributed by atoms with Crippen LogP contribution in [-0.2, 0) is 4.79 Å². The van der Waals surface area contributed by atoms with Crippen LogP contribution in [0.25, 0.3) is 0 Å². The summed E-state index contributed by atoms with van der Waals surface area (Å²) in [6, 6.07) is 7.79. The first-order chi connectivity index (χ1) is 7.34. The molecule has 1 aromatic rings. The van der Waals surface area contributed by atoms with Crippen LogP contribution in [0.15, 0.2) is 28.7 Å². The van der Waals surface area contributed by atoms with E-state index in [-0.39, 0.29) is 6.42 Å². The number of aliphatic carboxylic acids is 1. The molecule has 0 radical (unpaired) electrons. The van der Waals surface area contributed by atoms with Crippen LogP contribution in [0.5, 0.6) is 0 Å². The third kappa shape index (κ3) is 2.98. The number of carboxylic acid groups (broad SMARTS) is 1. The lowest BCUT2D eigenvalue weighted by molar-refractivity contribution is -0.138. The molecule has 0 aliphatic carbocycles. The molecule has 0 fully saturated rings. The second-order valence-electron chi connectivity index (χ2n) is 4.39. The number of hydrogen-bond acceptors (Lipinski definition) is 2. The van der Waals surface area contributed by atoms with Gasteiger partial charge >= 0.3 is 5.97 Å². The van der Waals surface area contributed by atoms with Gasteiger partial charge in [0.1, 0.15) is 0 Å². The van der Waals surface area contributed by atoms with Crippen molar-refractivity contribution in [2.24, 2.45) is 0 Å². The Morgan fingerprint density at radius 1 is 1.44 bits per heavy atom. The molecule has 0 spiro atoms. The normalized spacial score (nSPS) is 11.2. The number of hydrogen-bond donors (Lipinski definition) is 1. The number of anilines is 1. The van der Waals surface area contributed by atoms with Crippen LogP contribution in [0.3, 0.4) is 0 Å². The molecule has 0 aromatic heterocycles. The predicted octanol–water partition coefficient (Wildman–Crippen LogP) is 3.14. The fourth-order valence-corrected chi connectivity index (χ4v) is 2.09. The number of para-hydroxylation sites is 1. The van der Waals surface area contributed by atoms with Crippen molar-refractivity contribution in [2.75, 3.05) is 11.9 Å². The van der Waals surface area contributed by atoms with E-state index >= 15 is 0 Å². The fraction of sp³-hybridized carbons (Fsp3) is 0.417. The maximum atomic E-state index is 10.8. The Kier molecular flexibility index (Phi) is 3.97. The third-order valence-electron chi connectivity index (χ3n) is 2.71. The molecule has 0 atom stereocenters. The van der Waals surface area contributed by atoms with Gasteiger partial charge in [-0.3, -0.25) is 4.79 Å². The van der Waals surface area contributed by atoms with Crippen molar-refractivity contribution in [1.82, 2.24) is 0 Å². The van der Waals surface area contributed by atoms with Gasteiger partial charge in [-0.05, 0) is 41.9 Å². The number of benzene rings is 1. The highest BCUT2D eigenvalue weighted by Gasteiger charge is 2.27. The van der Waals surface area contributed by atoms with Crippen LogP contribution in [0.1, 0.15) is 20.3 Å². The summed E-state index contributed by atoms with van der Waals surface area (Å²) in [5.41, 5.74) is 0.573. The lowest BCUT2D eigenvalue weighted by Crippen LogP contribution is -2.43. The first kappa shape index (κ1) is 13.0. The van der Waals surface area contributed by atoms with E-state index in [0.717, 1.165) is 10.2 Å². The molecule has 16 heavy (non-hydrogen) atoms. The average molecular weight is 286 g/mol. The quantitative estimate of drug-likeness (QED) is 0.924. The Balaban J connectivity index is 2.97. The van der Waals surface area contributed by atoms with Gasteiger partial charge in [-0.15, -0.1) is 0 Å². The first-order valence-corrected chi connectivity index (χ1v) is 5.84. The summed E-state index contributed by atoms with van der Waals surface area (Å²) >= 11 is 3.47. The van der Waals surface area contributed by atoms with Crippen LogP contribution in [0.2, 0.25) is 0 Å². The lowest BCUT2D eigenvalue weighted by Gasteiger charge is -2.37.